The molecule has 9 atom stereocenters. The minimum atomic E-state index is -1.63. The Kier molecular flexibility index (Phi) is 6.07. The lowest BCUT2D eigenvalue weighted by atomic mass is 9.95. The van der Waals surface area contributed by atoms with Crippen molar-refractivity contribution in [2.45, 2.75) is 55.1 Å². The monoisotopic (exact) mass is 325 g/mol. The number of aliphatic hydroxyl groups excluding tert-OH is 7. The molecule has 130 valence electrons. The van der Waals surface area contributed by atoms with E-state index in [0.29, 0.717) is 0 Å². The van der Waals surface area contributed by atoms with Crippen LogP contribution < -0.4 is 5.32 Å². The first-order chi connectivity index (χ1) is 10.4. The lowest BCUT2D eigenvalue weighted by molar-refractivity contribution is -0.326. The van der Waals surface area contributed by atoms with Crippen molar-refractivity contribution in [3.05, 3.63) is 0 Å². The first kappa shape index (κ1) is 17.9. The number of piperidine rings is 1. The molecule has 0 amide bonds. The molecule has 2 fully saturated rings. The van der Waals surface area contributed by atoms with E-state index in [9.17, 15) is 25.5 Å². The van der Waals surface area contributed by atoms with Crippen molar-refractivity contribution >= 4 is 0 Å². The van der Waals surface area contributed by atoms with Crippen LogP contribution in [-0.2, 0) is 9.47 Å². The summed E-state index contributed by atoms with van der Waals surface area (Å²) in [5, 5.41) is 70.1. The molecule has 2 rings (SSSR count). The molecule has 22 heavy (non-hydrogen) atoms. The van der Waals surface area contributed by atoms with Crippen molar-refractivity contribution in [1.29, 1.82) is 0 Å². The van der Waals surface area contributed by atoms with E-state index in [1.807, 2.05) is 0 Å². The predicted octanol–water partition coefficient (Wildman–Crippen LogP) is -5.14. The van der Waals surface area contributed by atoms with E-state index < -0.39 is 61.7 Å². The molecule has 0 aliphatic carbocycles. The normalized spacial score (nSPS) is 50.0. The molecule has 0 radical (unpaired) electrons. The van der Waals surface area contributed by atoms with Gasteiger partial charge in [0.25, 0.3) is 0 Å². The third-order valence-corrected chi connectivity index (χ3v) is 4.05. The number of aliphatic hydroxyl groups is 7. The number of ether oxygens (including phenoxy) is 2. The Labute approximate surface area is 126 Å². The molecule has 0 aromatic rings. The first-order valence-electron chi connectivity index (χ1n) is 7.07. The summed E-state index contributed by atoms with van der Waals surface area (Å²) in [5.74, 6) is 0. The van der Waals surface area contributed by atoms with Gasteiger partial charge in [-0.25, -0.2) is 0 Å². The Balaban J connectivity index is 2.07. The van der Waals surface area contributed by atoms with Gasteiger partial charge in [0.15, 0.2) is 6.29 Å². The van der Waals surface area contributed by atoms with Gasteiger partial charge in [-0.2, -0.15) is 0 Å². The first-order valence-corrected chi connectivity index (χ1v) is 7.07. The van der Waals surface area contributed by atoms with Crippen LogP contribution in [0.3, 0.4) is 0 Å². The van der Waals surface area contributed by atoms with Gasteiger partial charge in [-0.05, 0) is 0 Å². The molecule has 2 aliphatic rings. The van der Waals surface area contributed by atoms with Crippen LogP contribution in [0.2, 0.25) is 0 Å². The average molecular weight is 325 g/mol. The SMILES string of the molecule is OC[C@H]1NC[C@H](O)[C@@H](O[C@H]2O[C@H](CO)[C@@H](O)[C@H](O)[C@H]2O)[C@@H]1O. The van der Waals surface area contributed by atoms with Crippen LogP contribution in [0.25, 0.3) is 0 Å². The zero-order valence-electron chi connectivity index (χ0n) is 11.8. The van der Waals surface area contributed by atoms with E-state index in [2.05, 4.69) is 5.32 Å². The van der Waals surface area contributed by atoms with E-state index in [4.69, 9.17) is 19.7 Å². The Morgan fingerprint density at radius 3 is 2.18 bits per heavy atom. The topological polar surface area (TPSA) is 172 Å². The number of hydrogen-bond acceptors (Lipinski definition) is 10. The summed E-state index contributed by atoms with van der Waals surface area (Å²) in [6.45, 7) is -0.950. The molecule has 2 saturated heterocycles. The third kappa shape index (κ3) is 3.41. The summed E-state index contributed by atoms with van der Waals surface area (Å²) in [6.07, 6.45) is -10.9. The lowest BCUT2D eigenvalue weighted by Gasteiger charge is -2.44. The molecule has 2 aliphatic heterocycles. The summed E-state index contributed by atoms with van der Waals surface area (Å²) < 4.78 is 10.5. The van der Waals surface area contributed by atoms with Crippen molar-refractivity contribution in [2.24, 2.45) is 0 Å². The second-order valence-electron chi connectivity index (χ2n) is 5.55. The number of nitrogens with one attached hydrogen (secondary N) is 1. The van der Waals surface area contributed by atoms with Crippen molar-refractivity contribution < 1.29 is 45.2 Å². The summed E-state index contributed by atoms with van der Waals surface area (Å²) in [4.78, 5) is 0. The zero-order valence-corrected chi connectivity index (χ0v) is 11.8. The molecule has 0 unspecified atom stereocenters. The molecule has 0 saturated carbocycles. The summed E-state index contributed by atoms with van der Waals surface area (Å²) in [5.41, 5.74) is 0. The lowest BCUT2D eigenvalue weighted by Crippen LogP contribution is -2.65. The molecular formula is C12H23NO9. The molecular weight excluding hydrogens is 302 g/mol. The molecule has 0 aromatic carbocycles. The Hall–Kier alpha value is -0.400. The molecule has 10 nitrogen and oxygen atoms in total. The van der Waals surface area contributed by atoms with Gasteiger partial charge in [-0.1, -0.05) is 0 Å². The highest BCUT2D eigenvalue weighted by molar-refractivity contribution is 4.95. The molecule has 0 bridgehead atoms. The van der Waals surface area contributed by atoms with Gasteiger partial charge in [-0.3, -0.25) is 0 Å². The van der Waals surface area contributed by atoms with Crippen LogP contribution in [0, 0.1) is 0 Å². The molecule has 10 heteroatoms. The second kappa shape index (κ2) is 7.45. The quantitative estimate of drug-likeness (QED) is 0.250. The standard InChI is InChI=1S/C12H23NO9/c14-2-4-7(17)11(5(16)1-13-4)22-12-10(20)9(19)8(18)6(3-15)21-12/h4-20H,1-3H2/t4-,5+,6-,7-,8-,9+,10-,11-,12-/m1/s1. The summed E-state index contributed by atoms with van der Waals surface area (Å²) >= 11 is 0. The number of rotatable bonds is 4. The van der Waals surface area contributed by atoms with Gasteiger partial charge in [0.2, 0.25) is 0 Å². The van der Waals surface area contributed by atoms with Gasteiger partial charge in [0.1, 0.15) is 36.6 Å². The van der Waals surface area contributed by atoms with Crippen LogP contribution in [0.15, 0.2) is 0 Å². The summed E-state index contributed by atoms with van der Waals surface area (Å²) in [7, 11) is 0. The van der Waals surface area contributed by atoms with Crippen molar-refractivity contribution in [2.75, 3.05) is 19.8 Å². The fraction of sp³-hybridized carbons (Fsp3) is 1.00. The van der Waals surface area contributed by atoms with Crippen LogP contribution >= 0.6 is 0 Å². The molecule has 0 spiro atoms. The van der Waals surface area contributed by atoms with Crippen LogP contribution in [0.4, 0.5) is 0 Å². The van der Waals surface area contributed by atoms with Gasteiger partial charge in [-0.15, -0.1) is 0 Å². The van der Waals surface area contributed by atoms with E-state index in [-0.39, 0.29) is 13.2 Å². The van der Waals surface area contributed by atoms with Crippen LogP contribution in [0.1, 0.15) is 0 Å². The van der Waals surface area contributed by atoms with Crippen molar-refractivity contribution in [3.8, 4) is 0 Å². The highest BCUT2D eigenvalue weighted by atomic mass is 16.7. The van der Waals surface area contributed by atoms with Gasteiger partial charge >= 0.3 is 0 Å². The molecule has 8 N–H and O–H groups in total. The minimum absolute atomic E-state index is 0.0460. The van der Waals surface area contributed by atoms with E-state index >= 15 is 0 Å². The third-order valence-electron chi connectivity index (χ3n) is 4.05. The number of hydrogen-bond donors (Lipinski definition) is 8. The number of β-amino-alcohol motifs (C(OH)–C–C–N with tert-alkyl or cyclic N) is 1. The maximum atomic E-state index is 10.1. The maximum absolute atomic E-state index is 10.1. The fourth-order valence-electron chi connectivity index (χ4n) is 2.64. The Bertz CT molecular complexity index is 357. The molecule has 2 heterocycles. The van der Waals surface area contributed by atoms with Crippen LogP contribution in [0.5, 0.6) is 0 Å². The van der Waals surface area contributed by atoms with E-state index in [1.54, 1.807) is 0 Å². The van der Waals surface area contributed by atoms with E-state index in [1.165, 1.54) is 0 Å². The fourth-order valence-corrected chi connectivity index (χ4v) is 2.64. The zero-order chi connectivity index (χ0) is 16.4. The molecule has 0 aromatic heterocycles. The predicted molar refractivity (Wildman–Crippen MR) is 69.5 cm³/mol. The minimum Gasteiger partial charge on any atom is -0.395 e. The Morgan fingerprint density at radius 2 is 1.59 bits per heavy atom. The maximum Gasteiger partial charge on any atom is 0.187 e. The van der Waals surface area contributed by atoms with Gasteiger partial charge in [0, 0.05) is 6.54 Å². The highest BCUT2D eigenvalue weighted by Crippen LogP contribution is 2.25. The highest BCUT2D eigenvalue weighted by Gasteiger charge is 2.47. The van der Waals surface area contributed by atoms with Gasteiger partial charge in [0.05, 0.1) is 25.4 Å². The second-order valence-corrected chi connectivity index (χ2v) is 5.55. The summed E-state index contributed by atoms with van der Waals surface area (Å²) in [6, 6.07) is -0.724. The van der Waals surface area contributed by atoms with Gasteiger partial charge < -0.3 is 50.5 Å². The van der Waals surface area contributed by atoms with Crippen molar-refractivity contribution in [1.82, 2.24) is 5.32 Å². The van der Waals surface area contributed by atoms with Crippen molar-refractivity contribution in [3.63, 3.8) is 0 Å². The Morgan fingerprint density at radius 1 is 0.909 bits per heavy atom. The average Bonchev–Trinajstić information content (AvgIpc) is 2.51. The van der Waals surface area contributed by atoms with E-state index in [0.717, 1.165) is 0 Å². The smallest absolute Gasteiger partial charge is 0.187 e. The van der Waals surface area contributed by atoms with Crippen LogP contribution in [-0.4, -0.2) is 111 Å². The largest absolute Gasteiger partial charge is 0.395 e.